The molecule has 0 saturated heterocycles. The molecule has 1 atom stereocenters. The Morgan fingerprint density at radius 3 is 2.73 bits per heavy atom. The third-order valence-electron chi connectivity index (χ3n) is 6.69. The second-order valence-electron chi connectivity index (χ2n) is 9.38. The molecule has 1 aliphatic carbocycles. The van der Waals surface area contributed by atoms with Crippen LogP contribution in [0.4, 0.5) is 19.1 Å². The van der Waals surface area contributed by atoms with Gasteiger partial charge >= 0.3 is 0 Å². The number of aryl methyl sites for hydroxylation is 1. The van der Waals surface area contributed by atoms with E-state index in [4.69, 9.17) is 4.42 Å². The van der Waals surface area contributed by atoms with Gasteiger partial charge in [0.1, 0.15) is 12.4 Å². The summed E-state index contributed by atoms with van der Waals surface area (Å²) in [7, 11) is 0. The summed E-state index contributed by atoms with van der Waals surface area (Å²) in [5.74, 6) is -1.27. The zero-order chi connectivity index (χ0) is 25.7. The quantitative estimate of drug-likeness (QED) is 0.343. The number of nitrogens with zero attached hydrogens (tertiary/aromatic N) is 8. The van der Waals surface area contributed by atoms with Gasteiger partial charge in [-0.3, -0.25) is 0 Å². The number of hydrogen-bond donors (Lipinski definition) is 1. The lowest BCUT2D eigenvalue weighted by molar-refractivity contribution is -0.0361. The van der Waals surface area contributed by atoms with Crippen LogP contribution in [0.2, 0.25) is 0 Å². The Hall–Kier alpha value is -4.03. The first kappa shape index (κ1) is 23.4. The van der Waals surface area contributed by atoms with Gasteiger partial charge in [0, 0.05) is 42.4 Å². The van der Waals surface area contributed by atoms with Crippen molar-refractivity contribution >= 4 is 22.6 Å². The summed E-state index contributed by atoms with van der Waals surface area (Å²) in [4.78, 5) is 13.5. The molecule has 10 nitrogen and oxygen atoms in total. The Labute approximate surface area is 209 Å². The molecule has 1 fully saturated rings. The molecule has 37 heavy (non-hydrogen) atoms. The molecule has 0 bridgehead atoms. The second kappa shape index (κ2) is 8.82. The SMILES string of the molecule is Cc1nc2ncc(-c3ccn4nc(NC5CCC(F)(F)CC5)ncc34)cc2n1Cc1nnc([C@@H](C)F)o1. The zero-order valence-electron chi connectivity index (χ0n) is 20.2. The minimum atomic E-state index is -2.58. The van der Waals surface area contributed by atoms with E-state index < -0.39 is 12.1 Å². The Morgan fingerprint density at radius 1 is 1.16 bits per heavy atom. The van der Waals surface area contributed by atoms with Crippen LogP contribution in [0.25, 0.3) is 27.8 Å². The number of imidazole rings is 1. The molecule has 13 heteroatoms. The van der Waals surface area contributed by atoms with Gasteiger partial charge in [-0.15, -0.1) is 15.3 Å². The van der Waals surface area contributed by atoms with E-state index in [0.29, 0.717) is 30.3 Å². The first-order chi connectivity index (χ1) is 17.8. The van der Waals surface area contributed by atoms with Gasteiger partial charge in [0.15, 0.2) is 11.8 Å². The normalized spacial score (nSPS) is 17.0. The van der Waals surface area contributed by atoms with Crippen LogP contribution in [0, 0.1) is 6.92 Å². The van der Waals surface area contributed by atoms with Gasteiger partial charge in [0.05, 0.1) is 17.2 Å². The predicted octanol–water partition coefficient (Wildman–Crippen LogP) is 4.90. The minimum absolute atomic E-state index is 0.0635. The van der Waals surface area contributed by atoms with Crippen LogP contribution in [0.1, 0.15) is 56.4 Å². The van der Waals surface area contributed by atoms with E-state index in [9.17, 15) is 13.2 Å². The molecule has 0 amide bonds. The van der Waals surface area contributed by atoms with Crippen molar-refractivity contribution in [1.82, 2.24) is 39.3 Å². The van der Waals surface area contributed by atoms with Crippen LogP contribution in [-0.4, -0.2) is 51.3 Å². The van der Waals surface area contributed by atoms with Gasteiger partial charge in [-0.25, -0.2) is 32.6 Å². The lowest BCUT2D eigenvalue weighted by Gasteiger charge is -2.28. The number of aromatic nitrogens is 8. The van der Waals surface area contributed by atoms with Crippen molar-refractivity contribution < 1.29 is 17.6 Å². The fourth-order valence-electron chi connectivity index (χ4n) is 4.67. The van der Waals surface area contributed by atoms with E-state index in [1.807, 2.05) is 29.8 Å². The molecule has 0 aliphatic heterocycles. The van der Waals surface area contributed by atoms with Crippen molar-refractivity contribution in [2.45, 2.75) is 64.2 Å². The average molecular weight is 512 g/mol. The summed E-state index contributed by atoms with van der Waals surface area (Å²) in [6.07, 6.45) is 4.40. The van der Waals surface area contributed by atoms with Gasteiger partial charge in [-0.1, -0.05) is 0 Å². The molecule has 0 spiro atoms. The van der Waals surface area contributed by atoms with E-state index >= 15 is 0 Å². The predicted molar refractivity (Wildman–Crippen MR) is 128 cm³/mol. The number of nitrogens with one attached hydrogen (secondary N) is 1. The molecular formula is C24H24F3N9O. The first-order valence-corrected chi connectivity index (χ1v) is 12.0. The van der Waals surface area contributed by atoms with Crippen LogP contribution in [0.3, 0.4) is 0 Å². The molecule has 5 heterocycles. The summed E-state index contributed by atoms with van der Waals surface area (Å²) in [6, 6.07) is 3.80. The van der Waals surface area contributed by atoms with Gasteiger partial charge < -0.3 is 14.3 Å². The Kier molecular flexibility index (Phi) is 5.57. The monoisotopic (exact) mass is 511 g/mol. The smallest absolute Gasteiger partial charge is 0.250 e. The maximum Gasteiger partial charge on any atom is 0.250 e. The summed E-state index contributed by atoms with van der Waals surface area (Å²) < 4.78 is 49.4. The maximum absolute atomic E-state index is 13.5. The topological polar surface area (TPSA) is 112 Å². The number of fused-ring (bicyclic) bond motifs is 2. The van der Waals surface area contributed by atoms with E-state index in [-0.39, 0.29) is 37.2 Å². The number of halogens is 3. The standard InChI is InChI=1S/C24H24F3N9O/c1-13(25)22-33-32-20(37-22)12-35-14(2)30-21-18(35)9-15(10-28-21)17-5-8-36-19(17)11-29-23(34-36)31-16-3-6-24(26,27)7-4-16/h5,8-11,13,16H,3-4,6-7,12H2,1-2H3,(H,31,34)/t13-/m1/s1. The van der Waals surface area contributed by atoms with Crippen molar-refractivity contribution in [3.05, 3.63) is 48.3 Å². The van der Waals surface area contributed by atoms with Crippen LogP contribution in [0.15, 0.2) is 35.1 Å². The average Bonchev–Trinajstić information content (AvgIpc) is 3.58. The number of rotatable bonds is 6. The van der Waals surface area contributed by atoms with Crippen LogP contribution >= 0.6 is 0 Å². The highest BCUT2D eigenvalue weighted by molar-refractivity contribution is 5.85. The van der Waals surface area contributed by atoms with Crippen molar-refractivity contribution in [2.24, 2.45) is 0 Å². The van der Waals surface area contributed by atoms with E-state index in [2.05, 4.69) is 35.6 Å². The van der Waals surface area contributed by atoms with Crippen molar-refractivity contribution in [3.63, 3.8) is 0 Å². The molecule has 0 unspecified atom stereocenters. The first-order valence-electron chi connectivity index (χ1n) is 12.0. The summed E-state index contributed by atoms with van der Waals surface area (Å²) in [5, 5.41) is 15.4. The Morgan fingerprint density at radius 2 is 1.97 bits per heavy atom. The zero-order valence-corrected chi connectivity index (χ0v) is 20.2. The number of hydrogen-bond acceptors (Lipinski definition) is 8. The molecule has 1 N–H and O–H groups in total. The fraction of sp³-hybridized carbons (Fsp3) is 0.417. The molecule has 1 aliphatic rings. The highest BCUT2D eigenvalue weighted by Crippen LogP contribution is 2.34. The van der Waals surface area contributed by atoms with Crippen molar-refractivity contribution in [2.75, 3.05) is 5.32 Å². The second-order valence-corrected chi connectivity index (χ2v) is 9.38. The fourth-order valence-corrected chi connectivity index (χ4v) is 4.67. The van der Waals surface area contributed by atoms with E-state index in [1.165, 1.54) is 6.92 Å². The largest absolute Gasteiger partial charge is 0.420 e. The Balaban J connectivity index is 1.28. The summed E-state index contributed by atoms with van der Waals surface area (Å²) in [5.41, 5.74) is 3.79. The van der Waals surface area contributed by atoms with Gasteiger partial charge in [-0.05, 0) is 38.8 Å². The highest BCUT2D eigenvalue weighted by Gasteiger charge is 2.35. The number of anilines is 1. The molecule has 5 aromatic heterocycles. The van der Waals surface area contributed by atoms with E-state index in [1.54, 1.807) is 16.9 Å². The maximum atomic E-state index is 13.5. The number of pyridine rings is 1. The summed E-state index contributed by atoms with van der Waals surface area (Å²) >= 11 is 0. The van der Waals surface area contributed by atoms with E-state index in [0.717, 1.165) is 22.2 Å². The van der Waals surface area contributed by atoms with Gasteiger partial charge in [0.25, 0.3) is 0 Å². The lowest BCUT2D eigenvalue weighted by Crippen LogP contribution is -2.32. The third-order valence-corrected chi connectivity index (χ3v) is 6.69. The Bertz CT molecular complexity index is 1580. The van der Waals surface area contributed by atoms with Crippen molar-refractivity contribution in [3.8, 4) is 11.1 Å². The van der Waals surface area contributed by atoms with Crippen molar-refractivity contribution in [1.29, 1.82) is 0 Å². The third kappa shape index (κ3) is 4.49. The molecule has 0 radical (unpaired) electrons. The van der Waals surface area contributed by atoms with Crippen LogP contribution in [-0.2, 0) is 6.54 Å². The molecule has 6 rings (SSSR count). The van der Waals surface area contributed by atoms with Crippen LogP contribution < -0.4 is 5.32 Å². The van der Waals surface area contributed by atoms with Gasteiger partial charge in [-0.2, -0.15) is 0 Å². The molecule has 0 aromatic carbocycles. The lowest BCUT2D eigenvalue weighted by atomic mass is 9.92. The minimum Gasteiger partial charge on any atom is -0.420 e. The van der Waals surface area contributed by atoms with Crippen LogP contribution in [0.5, 0.6) is 0 Å². The van der Waals surface area contributed by atoms with Gasteiger partial charge in [0.2, 0.25) is 23.7 Å². The highest BCUT2D eigenvalue weighted by atomic mass is 19.3. The molecule has 1 saturated carbocycles. The molecule has 5 aromatic rings. The molecule has 192 valence electrons. The number of alkyl halides is 3. The summed E-state index contributed by atoms with van der Waals surface area (Å²) in [6.45, 7) is 3.42. The molecular weight excluding hydrogens is 487 g/mol.